The minimum atomic E-state index is -0.295. The first-order valence-electron chi connectivity index (χ1n) is 8.64. The molecule has 2 heterocycles. The van der Waals surface area contributed by atoms with Crippen molar-refractivity contribution in [1.29, 1.82) is 0 Å². The molecular weight excluding hydrogens is 356 g/mol. The highest BCUT2D eigenvalue weighted by atomic mass is 16.5. The van der Waals surface area contributed by atoms with E-state index in [1.807, 2.05) is 37.4 Å². The van der Waals surface area contributed by atoms with Crippen LogP contribution in [-0.2, 0) is 7.05 Å². The molecule has 2 aromatic carbocycles. The van der Waals surface area contributed by atoms with E-state index in [0.29, 0.717) is 34.0 Å². The van der Waals surface area contributed by atoms with Crippen LogP contribution in [0.15, 0.2) is 67.1 Å². The van der Waals surface area contributed by atoms with Gasteiger partial charge in [0, 0.05) is 13.2 Å². The fraction of sp³-hybridized carbons (Fsp3) is 0.0952. The molecule has 1 N–H and O–H groups in total. The third kappa shape index (κ3) is 3.37. The van der Waals surface area contributed by atoms with Crippen molar-refractivity contribution in [3.63, 3.8) is 0 Å². The van der Waals surface area contributed by atoms with Gasteiger partial charge in [0.05, 0.1) is 24.7 Å². The summed E-state index contributed by atoms with van der Waals surface area (Å²) in [6, 6.07) is 16.2. The highest BCUT2D eigenvalue weighted by Crippen LogP contribution is 2.34. The maximum absolute atomic E-state index is 12.7. The van der Waals surface area contributed by atoms with Gasteiger partial charge < -0.3 is 19.4 Å². The Morgan fingerprint density at radius 3 is 2.50 bits per heavy atom. The summed E-state index contributed by atoms with van der Waals surface area (Å²) in [6.07, 6.45) is 3.19. The molecule has 0 aliphatic carbocycles. The van der Waals surface area contributed by atoms with Crippen LogP contribution in [0.3, 0.4) is 0 Å². The molecule has 4 aromatic rings. The van der Waals surface area contributed by atoms with E-state index in [9.17, 15) is 4.79 Å². The number of methoxy groups -OCH3 is 1. The molecule has 7 nitrogen and oxygen atoms in total. The fourth-order valence-electron chi connectivity index (χ4n) is 2.82. The van der Waals surface area contributed by atoms with Gasteiger partial charge in [0.2, 0.25) is 0 Å². The first kappa shape index (κ1) is 17.5. The number of nitrogens with one attached hydrogen (secondary N) is 1. The lowest BCUT2D eigenvalue weighted by molar-refractivity contribution is 0.102. The number of nitrogens with zero attached hydrogens (tertiary/aromatic N) is 3. The second kappa shape index (κ2) is 7.40. The summed E-state index contributed by atoms with van der Waals surface area (Å²) in [7, 11) is 3.43. The van der Waals surface area contributed by atoms with E-state index in [0.717, 1.165) is 5.65 Å². The molecule has 0 spiro atoms. The molecule has 1 amide bonds. The predicted octanol–water partition coefficient (Wildman–Crippen LogP) is 4.02. The lowest BCUT2D eigenvalue weighted by Crippen LogP contribution is -2.13. The highest BCUT2D eigenvalue weighted by Gasteiger charge is 2.14. The molecule has 0 radical (unpaired) electrons. The van der Waals surface area contributed by atoms with Gasteiger partial charge in [-0.1, -0.05) is 24.3 Å². The standard InChI is InChI=1S/C21H18N4O3/c1-25-13-23-16-11-14(12-22-20(16)25)21(26)24-15-7-3-4-8-17(15)28-19-10-6-5-9-18(19)27-2/h3-13H,1-2H3,(H,24,26). The molecule has 7 heteroatoms. The number of carbonyl (C=O) groups is 1. The number of aryl methyl sites for hydroxylation is 1. The number of carbonyl (C=O) groups excluding carboxylic acids is 1. The molecule has 0 unspecified atom stereocenters. The van der Waals surface area contributed by atoms with Crippen LogP contribution in [0, 0.1) is 0 Å². The van der Waals surface area contributed by atoms with Gasteiger partial charge in [-0.05, 0) is 30.3 Å². The first-order valence-corrected chi connectivity index (χ1v) is 8.64. The molecule has 0 atom stereocenters. The normalized spacial score (nSPS) is 10.6. The molecule has 0 aliphatic rings. The van der Waals surface area contributed by atoms with Crippen LogP contribution in [-0.4, -0.2) is 27.6 Å². The van der Waals surface area contributed by atoms with Gasteiger partial charge in [-0.2, -0.15) is 0 Å². The molecule has 4 rings (SSSR count). The molecule has 28 heavy (non-hydrogen) atoms. The number of ether oxygens (including phenoxy) is 2. The summed E-state index contributed by atoms with van der Waals surface area (Å²) in [5.41, 5.74) is 2.34. The van der Waals surface area contributed by atoms with E-state index in [1.165, 1.54) is 6.20 Å². The quantitative estimate of drug-likeness (QED) is 0.571. The number of anilines is 1. The van der Waals surface area contributed by atoms with Gasteiger partial charge >= 0.3 is 0 Å². The Balaban J connectivity index is 1.60. The smallest absolute Gasteiger partial charge is 0.257 e. The van der Waals surface area contributed by atoms with Crippen molar-refractivity contribution in [3.05, 3.63) is 72.7 Å². The average Bonchev–Trinajstić information content (AvgIpc) is 3.10. The summed E-state index contributed by atoms with van der Waals surface area (Å²) < 4.78 is 13.1. The van der Waals surface area contributed by atoms with Crippen molar-refractivity contribution < 1.29 is 14.3 Å². The number of pyridine rings is 1. The van der Waals surface area contributed by atoms with Crippen molar-refractivity contribution in [3.8, 4) is 17.2 Å². The summed E-state index contributed by atoms with van der Waals surface area (Å²) in [5, 5.41) is 2.88. The topological polar surface area (TPSA) is 78.3 Å². The van der Waals surface area contributed by atoms with E-state index in [1.54, 1.807) is 42.3 Å². The zero-order chi connectivity index (χ0) is 19.5. The number of rotatable bonds is 5. The Labute approximate surface area is 161 Å². The van der Waals surface area contributed by atoms with Crippen molar-refractivity contribution >= 4 is 22.8 Å². The SMILES string of the molecule is COc1ccccc1Oc1ccccc1NC(=O)c1cnc2c(c1)ncn2C. The third-order valence-electron chi connectivity index (χ3n) is 4.24. The number of imidazole rings is 1. The van der Waals surface area contributed by atoms with Crippen LogP contribution < -0.4 is 14.8 Å². The molecular formula is C21H18N4O3. The Kier molecular flexibility index (Phi) is 4.63. The molecule has 2 aromatic heterocycles. The van der Waals surface area contributed by atoms with Crippen molar-refractivity contribution in [2.45, 2.75) is 0 Å². The molecule has 0 fully saturated rings. The number of amides is 1. The van der Waals surface area contributed by atoms with Gasteiger partial charge in [0.15, 0.2) is 22.9 Å². The minimum Gasteiger partial charge on any atom is -0.493 e. The van der Waals surface area contributed by atoms with Crippen LogP contribution in [0.5, 0.6) is 17.2 Å². The zero-order valence-electron chi connectivity index (χ0n) is 15.4. The van der Waals surface area contributed by atoms with E-state index >= 15 is 0 Å². The Morgan fingerprint density at radius 2 is 1.71 bits per heavy atom. The maximum Gasteiger partial charge on any atom is 0.257 e. The minimum absolute atomic E-state index is 0.295. The van der Waals surface area contributed by atoms with Gasteiger partial charge in [-0.3, -0.25) is 4.79 Å². The third-order valence-corrected chi connectivity index (χ3v) is 4.24. The number of hydrogen-bond donors (Lipinski definition) is 1. The number of fused-ring (bicyclic) bond motifs is 1. The zero-order valence-corrected chi connectivity index (χ0v) is 15.4. The van der Waals surface area contributed by atoms with E-state index < -0.39 is 0 Å². The van der Waals surface area contributed by atoms with E-state index in [-0.39, 0.29) is 5.91 Å². The largest absolute Gasteiger partial charge is 0.493 e. The average molecular weight is 374 g/mol. The lowest BCUT2D eigenvalue weighted by Gasteiger charge is -2.14. The Hall–Kier alpha value is -3.87. The first-order chi connectivity index (χ1) is 13.7. The van der Waals surface area contributed by atoms with Crippen LogP contribution in [0.4, 0.5) is 5.69 Å². The van der Waals surface area contributed by atoms with Crippen molar-refractivity contribution in [1.82, 2.24) is 14.5 Å². The maximum atomic E-state index is 12.7. The Bertz CT molecular complexity index is 1150. The predicted molar refractivity (Wildman–Crippen MR) is 106 cm³/mol. The van der Waals surface area contributed by atoms with Gasteiger partial charge in [-0.25, -0.2) is 9.97 Å². The second-order valence-electron chi connectivity index (χ2n) is 6.13. The molecule has 0 saturated heterocycles. The molecule has 140 valence electrons. The summed E-state index contributed by atoms with van der Waals surface area (Å²) >= 11 is 0. The van der Waals surface area contributed by atoms with Gasteiger partial charge in [0.1, 0.15) is 5.52 Å². The Morgan fingerprint density at radius 1 is 1.00 bits per heavy atom. The van der Waals surface area contributed by atoms with Crippen LogP contribution in [0.1, 0.15) is 10.4 Å². The van der Waals surface area contributed by atoms with Crippen LogP contribution >= 0.6 is 0 Å². The summed E-state index contributed by atoms with van der Waals surface area (Å²) in [5.74, 6) is 1.38. The second-order valence-corrected chi connectivity index (χ2v) is 6.13. The molecule has 0 bridgehead atoms. The number of aromatic nitrogens is 3. The van der Waals surface area contributed by atoms with Gasteiger partial charge in [-0.15, -0.1) is 0 Å². The lowest BCUT2D eigenvalue weighted by atomic mass is 10.2. The van der Waals surface area contributed by atoms with Gasteiger partial charge in [0.25, 0.3) is 5.91 Å². The number of hydrogen-bond acceptors (Lipinski definition) is 5. The van der Waals surface area contributed by atoms with Crippen molar-refractivity contribution in [2.24, 2.45) is 7.05 Å². The number of para-hydroxylation sites is 4. The molecule has 0 saturated carbocycles. The summed E-state index contributed by atoms with van der Waals surface area (Å²) in [4.78, 5) is 21.3. The van der Waals surface area contributed by atoms with Crippen molar-refractivity contribution in [2.75, 3.05) is 12.4 Å². The fourth-order valence-corrected chi connectivity index (χ4v) is 2.82. The molecule has 0 aliphatic heterocycles. The summed E-state index contributed by atoms with van der Waals surface area (Å²) in [6.45, 7) is 0. The van der Waals surface area contributed by atoms with Crippen LogP contribution in [0.25, 0.3) is 11.2 Å². The van der Waals surface area contributed by atoms with E-state index in [2.05, 4.69) is 15.3 Å². The van der Waals surface area contributed by atoms with E-state index in [4.69, 9.17) is 9.47 Å². The van der Waals surface area contributed by atoms with Crippen LogP contribution in [0.2, 0.25) is 0 Å². The highest BCUT2D eigenvalue weighted by molar-refractivity contribution is 6.06. The monoisotopic (exact) mass is 374 g/mol. The number of benzene rings is 2.